The van der Waals surface area contributed by atoms with Crippen LogP contribution < -0.4 is 5.73 Å². The zero-order valence-electron chi connectivity index (χ0n) is 9.28. The van der Waals surface area contributed by atoms with Crippen molar-refractivity contribution in [2.75, 3.05) is 12.3 Å². The first-order chi connectivity index (χ1) is 7.74. The zero-order chi connectivity index (χ0) is 11.1. The second kappa shape index (κ2) is 3.51. The molecular weight excluding hydrogens is 200 g/mol. The number of anilines is 1. The number of amides is 1. The number of nitrogens with two attached hydrogens (primary N) is 1. The van der Waals surface area contributed by atoms with E-state index in [1.165, 1.54) is 11.1 Å². The van der Waals surface area contributed by atoms with E-state index in [0.717, 1.165) is 38.0 Å². The monoisotopic (exact) mass is 216 g/mol. The molecule has 0 aromatic heterocycles. The molecule has 1 amide bonds. The van der Waals surface area contributed by atoms with Gasteiger partial charge < -0.3 is 10.6 Å². The van der Waals surface area contributed by atoms with Gasteiger partial charge >= 0.3 is 0 Å². The smallest absolute Gasteiger partial charge is 0.225 e. The van der Waals surface area contributed by atoms with Gasteiger partial charge in [-0.15, -0.1) is 0 Å². The van der Waals surface area contributed by atoms with Gasteiger partial charge in [-0.2, -0.15) is 0 Å². The summed E-state index contributed by atoms with van der Waals surface area (Å²) in [6, 6.07) is 6.03. The van der Waals surface area contributed by atoms with Crippen LogP contribution in [0.2, 0.25) is 0 Å². The second-order valence-electron chi connectivity index (χ2n) is 4.81. The molecule has 16 heavy (non-hydrogen) atoms. The standard InChI is InChI=1S/C13H16N2O/c14-12-4-3-9-5-6-15(8-11(9)7-12)13(16)10-1-2-10/h3-4,7,10H,1-2,5-6,8,14H2. The number of fused-ring (bicyclic) bond motifs is 1. The molecule has 1 aliphatic heterocycles. The first kappa shape index (κ1) is 9.70. The lowest BCUT2D eigenvalue weighted by molar-refractivity contribution is -0.133. The maximum absolute atomic E-state index is 11.9. The van der Waals surface area contributed by atoms with Gasteiger partial charge in [0.2, 0.25) is 5.91 Å². The van der Waals surface area contributed by atoms with Crippen LogP contribution in [0, 0.1) is 5.92 Å². The number of hydrogen-bond donors (Lipinski definition) is 1. The Balaban J connectivity index is 1.81. The third-order valence-corrected chi connectivity index (χ3v) is 3.48. The second-order valence-corrected chi connectivity index (χ2v) is 4.81. The molecule has 2 aliphatic rings. The Bertz CT molecular complexity index is 438. The summed E-state index contributed by atoms with van der Waals surface area (Å²) < 4.78 is 0. The number of hydrogen-bond acceptors (Lipinski definition) is 2. The highest BCUT2D eigenvalue weighted by atomic mass is 16.2. The lowest BCUT2D eigenvalue weighted by Crippen LogP contribution is -2.36. The minimum Gasteiger partial charge on any atom is -0.399 e. The normalized spacial score (nSPS) is 19.4. The summed E-state index contributed by atoms with van der Waals surface area (Å²) in [7, 11) is 0. The van der Waals surface area contributed by atoms with Crippen molar-refractivity contribution >= 4 is 11.6 Å². The predicted octanol–water partition coefficient (Wildman–Crippen LogP) is 1.56. The van der Waals surface area contributed by atoms with Crippen molar-refractivity contribution in [3.8, 4) is 0 Å². The van der Waals surface area contributed by atoms with Gasteiger partial charge in [-0.05, 0) is 42.5 Å². The molecule has 1 aromatic rings. The topological polar surface area (TPSA) is 46.3 Å². The molecule has 84 valence electrons. The van der Waals surface area contributed by atoms with E-state index in [1.54, 1.807) is 0 Å². The van der Waals surface area contributed by atoms with Crippen molar-refractivity contribution in [3.05, 3.63) is 29.3 Å². The summed E-state index contributed by atoms with van der Waals surface area (Å²) in [6.45, 7) is 1.61. The first-order valence-electron chi connectivity index (χ1n) is 5.90. The third-order valence-electron chi connectivity index (χ3n) is 3.48. The maximum atomic E-state index is 11.9. The average Bonchev–Trinajstić information content (AvgIpc) is 3.11. The molecule has 3 heteroatoms. The first-order valence-corrected chi connectivity index (χ1v) is 5.90. The molecule has 1 heterocycles. The van der Waals surface area contributed by atoms with E-state index in [1.807, 2.05) is 17.0 Å². The summed E-state index contributed by atoms with van der Waals surface area (Å²) in [5.74, 6) is 0.663. The molecule has 0 saturated heterocycles. The quantitative estimate of drug-likeness (QED) is 0.724. The van der Waals surface area contributed by atoms with E-state index < -0.39 is 0 Å². The van der Waals surface area contributed by atoms with Crippen LogP contribution in [0.4, 0.5) is 5.69 Å². The van der Waals surface area contributed by atoms with Crippen LogP contribution in [0.1, 0.15) is 24.0 Å². The predicted molar refractivity (Wildman–Crippen MR) is 62.7 cm³/mol. The summed E-state index contributed by atoms with van der Waals surface area (Å²) in [4.78, 5) is 13.9. The van der Waals surface area contributed by atoms with Crippen molar-refractivity contribution in [1.82, 2.24) is 4.90 Å². The van der Waals surface area contributed by atoms with Gasteiger partial charge in [-0.25, -0.2) is 0 Å². The van der Waals surface area contributed by atoms with Crippen LogP contribution in [0.3, 0.4) is 0 Å². The van der Waals surface area contributed by atoms with Gasteiger partial charge in [0.1, 0.15) is 0 Å². The molecule has 1 fully saturated rings. The number of nitrogen functional groups attached to an aromatic ring is 1. The minimum atomic E-state index is 0.322. The molecule has 3 rings (SSSR count). The maximum Gasteiger partial charge on any atom is 0.225 e. The Labute approximate surface area is 95.2 Å². The van der Waals surface area contributed by atoms with E-state index >= 15 is 0 Å². The zero-order valence-corrected chi connectivity index (χ0v) is 9.28. The lowest BCUT2D eigenvalue weighted by atomic mass is 9.99. The van der Waals surface area contributed by atoms with Gasteiger partial charge in [-0.3, -0.25) is 4.79 Å². The molecule has 2 N–H and O–H groups in total. The number of carbonyl (C=O) groups is 1. The number of nitrogens with zero attached hydrogens (tertiary/aromatic N) is 1. The Hall–Kier alpha value is -1.51. The SMILES string of the molecule is Nc1ccc2c(c1)CN(C(=O)C1CC1)CC2. The van der Waals surface area contributed by atoms with Crippen LogP contribution in [-0.2, 0) is 17.8 Å². The fourth-order valence-electron chi connectivity index (χ4n) is 2.35. The summed E-state index contributed by atoms with van der Waals surface area (Å²) in [5.41, 5.74) is 9.13. The van der Waals surface area contributed by atoms with Crippen LogP contribution in [0.15, 0.2) is 18.2 Å². The molecule has 1 aliphatic carbocycles. The average molecular weight is 216 g/mol. The molecule has 3 nitrogen and oxygen atoms in total. The fourth-order valence-corrected chi connectivity index (χ4v) is 2.35. The number of rotatable bonds is 1. The van der Waals surface area contributed by atoms with Gasteiger partial charge in [-0.1, -0.05) is 6.07 Å². The highest BCUT2D eigenvalue weighted by molar-refractivity contribution is 5.81. The molecule has 0 bridgehead atoms. The third kappa shape index (κ3) is 1.66. The Kier molecular flexibility index (Phi) is 2.13. The lowest BCUT2D eigenvalue weighted by Gasteiger charge is -2.29. The molecule has 0 atom stereocenters. The largest absolute Gasteiger partial charge is 0.399 e. The van der Waals surface area contributed by atoms with Gasteiger partial charge in [0.25, 0.3) is 0 Å². The highest BCUT2D eigenvalue weighted by Crippen LogP contribution is 2.33. The Morgan fingerprint density at radius 2 is 2.12 bits per heavy atom. The van der Waals surface area contributed by atoms with Gasteiger partial charge in [0.15, 0.2) is 0 Å². The van der Waals surface area contributed by atoms with Gasteiger partial charge in [0, 0.05) is 24.7 Å². The Morgan fingerprint density at radius 3 is 2.88 bits per heavy atom. The summed E-state index contributed by atoms with van der Waals surface area (Å²) >= 11 is 0. The molecular formula is C13H16N2O. The van der Waals surface area contributed by atoms with E-state index in [4.69, 9.17) is 5.73 Å². The van der Waals surface area contributed by atoms with Crippen LogP contribution in [-0.4, -0.2) is 17.4 Å². The summed E-state index contributed by atoms with van der Waals surface area (Å²) in [5, 5.41) is 0. The highest BCUT2D eigenvalue weighted by Gasteiger charge is 2.34. The number of benzene rings is 1. The van der Waals surface area contributed by atoms with E-state index in [-0.39, 0.29) is 0 Å². The van der Waals surface area contributed by atoms with E-state index in [9.17, 15) is 4.79 Å². The van der Waals surface area contributed by atoms with Crippen LogP contribution in [0.5, 0.6) is 0 Å². The van der Waals surface area contributed by atoms with Crippen LogP contribution in [0.25, 0.3) is 0 Å². The van der Waals surface area contributed by atoms with Crippen LogP contribution >= 0.6 is 0 Å². The van der Waals surface area contributed by atoms with Crippen molar-refractivity contribution in [1.29, 1.82) is 0 Å². The van der Waals surface area contributed by atoms with Crippen molar-refractivity contribution in [2.24, 2.45) is 5.92 Å². The van der Waals surface area contributed by atoms with Crippen molar-refractivity contribution < 1.29 is 4.79 Å². The van der Waals surface area contributed by atoms with E-state index in [0.29, 0.717) is 11.8 Å². The fraction of sp³-hybridized carbons (Fsp3) is 0.462. The molecule has 0 unspecified atom stereocenters. The van der Waals surface area contributed by atoms with Crippen molar-refractivity contribution in [3.63, 3.8) is 0 Å². The van der Waals surface area contributed by atoms with Gasteiger partial charge in [0.05, 0.1) is 0 Å². The minimum absolute atomic E-state index is 0.322. The molecule has 1 aromatic carbocycles. The molecule has 1 saturated carbocycles. The summed E-state index contributed by atoms with van der Waals surface area (Å²) in [6.07, 6.45) is 3.13. The number of carbonyl (C=O) groups excluding carboxylic acids is 1. The Morgan fingerprint density at radius 1 is 1.31 bits per heavy atom. The van der Waals surface area contributed by atoms with E-state index in [2.05, 4.69) is 6.07 Å². The molecule has 0 radical (unpaired) electrons. The van der Waals surface area contributed by atoms with Crippen molar-refractivity contribution in [2.45, 2.75) is 25.8 Å². The molecule has 0 spiro atoms.